The van der Waals surface area contributed by atoms with E-state index in [1.165, 1.54) is 4.88 Å². The van der Waals surface area contributed by atoms with Crippen LogP contribution in [0.3, 0.4) is 0 Å². The molecule has 14 heavy (non-hydrogen) atoms. The molecule has 0 aromatic carbocycles. The average Bonchev–Trinajstić information content (AvgIpc) is 2.48. The molecule has 80 valence electrons. The summed E-state index contributed by atoms with van der Waals surface area (Å²) in [5.41, 5.74) is 5.99. The molecule has 1 atom stereocenters. The van der Waals surface area contributed by atoms with Gasteiger partial charge in [0.05, 0.1) is 0 Å². The summed E-state index contributed by atoms with van der Waals surface area (Å²) in [5.74, 6) is 0. The van der Waals surface area contributed by atoms with Gasteiger partial charge in [0.25, 0.3) is 0 Å². The predicted octanol–water partition coefficient (Wildman–Crippen LogP) is 2.81. The Bertz CT molecular complexity index is 285. The largest absolute Gasteiger partial charge is 0.385 e. The van der Waals surface area contributed by atoms with Gasteiger partial charge in [0.1, 0.15) is 0 Å². The Labute approximate surface area is 97.6 Å². The highest BCUT2D eigenvalue weighted by atomic mass is 79.9. The van der Waals surface area contributed by atoms with Gasteiger partial charge in [-0.1, -0.05) is 0 Å². The van der Waals surface area contributed by atoms with Crippen molar-refractivity contribution in [3.05, 3.63) is 20.8 Å². The quantitative estimate of drug-likeness (QED) is 0.899. The maximum Gasteiger partial charge on any atom is 0.0479 e. The summed E-state index contributed by atoms with van der Waals surface area (Å²) in [5, 5.41) is 2.08. The van der Waals surface area contributed by atoms with Crippen LogP contribution < -0.4 is 5.73 Å². The monoisotopic (exact) mass is 277 g/mol. The highest BCUT2D eigenvalue weighted by Crippen LogP contribution is 2.27. The van der Waals surface area contributed by atoms with Gasteiger partial charge in [0.2, 0.25) is 0 Å². The van der Waals surface area contributed by atoms with Crippen LogP contribution in [0.1, 0.15) is 18.2 Å². The lowest BCUT2D eigenvalue weighted by atomic mass is 9.95. The van der Waals surface area contributed by atoms with Crippen molar-refractivity contribution < 1.29 is 4.74 Å². The maximum absolute atomic E-state index is 6.17. The van der Waals surface area contributed by atoms with Gasteiger partial charge in [-0.3, -0.25) is 0 Å². The predicted molar refractivity (Wildman–Crippen MR) is 64.8 cm³/mol. The molecule has 0 aliphatic rings. The normalized spacial score (nSPS) is 15.4. The first kappa shape index (κ1) is 12.2. The number of hydrogen-bond donors (Lipinski definition) is 1. The van der Waals surface area contributed by atoms with Gasteiger partial charge < -0.3 is 10.5 Å². The third kappa shape index (κ3) is 3.69. The minimum absolute atomic E-state index is 0.177. The van der Waals surface area contributed by atoms with Gasteiger partial charge in [-0.05, 0) is 40.7 Å². The third-order valence-electron chi connectivity index (χ3n) is 2.13. The standard InChI is InChI=1S/C10H16BrNOS/c1-10(12,4-5-13-2)7-9-8(11)3-6-14-9/h3,6H,4-5,7,12H2,1-2H3. The van der Waals surface area contributed by atoms with Gasteiger partial charge >= 0.3 is 0 Å². The molecule has 0 aliphatic carbocycles. The van der Waals surface area contributed by atoms with Crippen molar-refractivity contribution in [2.24, 2.45) is 5.73 Å². The summed E-state index contributed by atoms with van der Waals surface area (Å²) in [6, 6.07) is 2.06. The second-order valence-corrected chi connectivity index (χ2v) is 5.62. The van der Waals surface area contributed by atoms with Crippen molar-refractivity contribution in [1.82, 2.24) is 0 Å². The molecular formula is C10H16BrNOS. The molecule has 1 aromatic rings. The number of thiophene rings is 1. The lowest BCUT2D eigenvalue weighted by Crippen LogP contribution is -2.39. The molecule has 0 amide bonds. The number of rotatable bonds is 5. The van der Waals surface area contributed by atoms with E-state index in [9.17, 15) is 0 Å². The molecule has 1 aromatic heterocycles. The Balaban J connectivity index is 2.54. The van der Waals surface area contributed by atoms with Crippen molar-refractivity contribution in [3.8, 4) is 0 Å². The lowest BCUT2D eigenvalue weighted by molar-refractivity contribution is 0.172. The van der Waals surface area contributed by atoms with E-state index in [0.29, 0.717) is 0 Å². The summed E-state index contributed by atoms with van der Waals surface area (Å²) in [6.07, 6.45) is 1.78. The average molecular weight is 278 g/mol. The molecule has 0 saturated heterocycles. The van der Waals surface area contributed by atoms with Crippen LogP contribution in [0.15, 0.2) is 15.9 Å². The third-order valence-corrected chi connectivity index (χ3v) is 4.06. The molecule has 0 spiro atoms. The fourth-order valence-electron chi connectivity index (χ4n) is 1.24. The minimum atomic E-state index is -0.177. The maximum atomic E-state index is 6.17. The Kier molecular flexibility index (Phi) is 4.57. The zero-order valence-electron chi connectivity index (χ0n) is 8.55. The van der Waals surface area contributed by atoms with Crippen LogP contribution in [0, 0.1) is 0 Å². The van der Waals surface area contributed by atoms with E-state index in [-0.39, 0.29) is 5.54 Å². The summed E-state index contributed by atoms with van der Waals surface area (Å²) in [6.45, 7) is 2.79. The molecule has 0 saturated carbocycles. The van der Waals surface area contributed by atoms with Gasteiger partial charge in [0, 0.05) is 35.0 Å². The van der Waals surface area contributed by atoms with E-state index in [2.05, 4.69) is 34.3 Å². The molecule has 1 unspecified atom stereocenters. The first-order valence-corrected chi connectivity index (χ1v) is 6.22. The fourth-order valence-corrected chi connectivity index (χ4v) is 2.93. The topological polar surface area (TPSA) is 35.2 Å². The number of hydrogen-bond acceptors (Lipinski definition) is 3. The van der Waals surface area contributed by atoms with Crippen molar-refractivity contribution >= 4 is 27.3 Å². The molecular weight excluding hydrogens is 262 g/mol. The molecule has 4 heteroatoms. The van der Waals surface area contributed by atoms with Gasteiger partial charge in [-0.15, -0.1) is 11.3 Å². The second-order valence-electron chi connectivity index (χ2n) is 3.77. The van der Waals surface area contributed by atoms with E-state index in [1.807, 2.05) is 0 Å². The summed E-state index contributed by atoms with van der Waals surface area (Å²) in [4.78, 5) is 1.31. The first-order valence-electron chi connectivity index (χ1n) is 4.55. The molecule has 0 bridgehead atoms. The van der Waals surface area contributed by atoms with E-state index in [0.717, 1.165) is 23.9 Å². The molecule has 0 radical (unpaired) electrons. The summed E-state index contributed by atoms with van der Waals surface area (Å²) >= 11 is 5.25. The molecule has 1 rings (SSSR count). The number of methoxy groups -OCH3 is 1. The van der Waals surface area contributed by atoms with Crippen LogP contribution in [0.5, 0.6) is 0 Å². The van der Waals surface area contributed by atoms with Crippen LogP contribution in [-0.2, 0) is 11.2 Å². The van der Waals surface area contributed by atoms with Crippen molar-refractivity contribution in [1.29, 1.82) is 0 Å². The van der Waals surface area contributed by atoms with Gasteiger partial charge in [-0.25, -0.2) is 0 Å². The summed E-state index contributed by atoms with van der Waals surface area (Å²) < 4.78 is 6.20. The second kappa shape index (κ2) is 5.26. The van der Waals surface area contributed by atoms with E-state index < -0.39 is 0 Å². The van der Waals surface area contributed by atoms with Crippen LogP contribution >= 0.6 is 27.3 Å². The molecule has 2 nitrogen and oxygen atoms in total. The Morgan fingerprint density at radius 2 is 2.36 bits per heavy atom. The Hall–Kier alpha value is 0.100. The van der Waals surface area contributed by atoms with Gasteiger partial charge in [0.15, 0.2) is 0 Å². The van der Waals surface area contributed by atoms with Crippen LogP contribution in [0.2, 0.25) is 0 Å². The van der Waals surface area contributed by atoms with E-state index in [1.54, 1.807) is 18.4 Å². The van der Waals surface area contributed by atoms with E-state index >= 15 is 0 Å². The number of halogens is 1. The van der Waals surface area contributed by atoms with Crippen molar-refractivity contribution in [2.75, 3.05) is 13.7 Å². The lowest BCUT2D eigenvalue weighted by Gasteiger charge is -2.23. The smallest absolute Gasteiger partial charge is 0.0479 e. The molecule has 0 fully saturated rings. The van der Waals surface area contributed by atoms with Crippen molar-refractivity contribution in [2.45, 2.75) is 25.3 Å². The first-order chi connectivity index (χ1) is 6.55. The number of ether oxygens (including phenoxy) is 1. The van der Waals surface area contributed by atoms with Crippen LogP contribution in [0.4, 0.5) is 0 Å². The van der Waals surface area contributed by atoms with Crippen LogP contribution in [0.25, 0.3) is 0 Å². The molecule has 1 heterocycles. The highest BCUT2D eigenvalue weighted by molar-refractivity contribution is 9.10. The Morgan fingerprint density at radius 1 is 1.64 bits per heavy atom. The van der Waals surface area contributed by atoms with Crippen molar-refractivity contribution in [3.63, 3.8) is 0 Å². The number of nitrogens with two attached hydrogens (primary N) is 1. The molecule has 0 aliphatic heterocycles. The zero-order valence-corrected chi connectivity index (χ0v) is 11.0. The Morgan fingerprint density at radius 3 is 2.86 bits per heavy atom. The fraction of sp³-hybridized carbons (Fsp3) is 0.600. The SMILES string of the molecule is COCCC(C)(N)Cc1sccc1Br. The van der Waals surface area contributed by atoms with Crippen LogP contribution in [-0.4, -0.2) is 19.3 Å². The highest BCUT2D eigenvalue weighted by Gasteiger charge is 2.20. The summed E-state index contributed by atoms with van der Waals surface area (Å²) in [7, 11) is 1.71. The zero-order chi connectivity index (χ0) is 10.6. The minimum Gasteiger partial charge on any atom is -0.385 e. The molecule has 2 N–H and O–H groups in total. The van der Waals surface area contributed by atoms with Gasteiger partial charge in [-0.2, -0.15) is 0 Å². The van der Waals surface area contributed by atoms with E-state index in [4.69, 9.17) is 10.5 Å².